The maximum atomic E-state index is 13.0. The van der Waals surface area contributed by atoms with E-state index in [0.29, 0.717) is 6.42 Å². The number of hydrogen-bond donors (Lipinski definition) is 3. The monoisotopic (exact) mass is 441 g/mol. The molecule has 31 heavy (non-hydrogen) atoms. The molecule has 0 aliphatic rings. The first-order chi connectivity index (χ1) is 14.5. The first kappa shape index (κ1) is 24.0. The Labute approximate surface area is 176 Å². The van der Waals surface area contributed by atoms with Gasteiger partial charge in [-0.2, -0.15) is 13.2 Å². The number of aromatic amines is 1. The minimum Gasteiger partial charge on any atom is -0.383 e. The lowest BCUT2D eigenvalue weighted by atomic mass is 10.2. The number of rotatable bonds is 7. The van der Waals surface area contributed by atoms with Gasteiger partial charge in [-0.1, -0.05) is 33.3 Å². The second-order valence-corrected chi connectivity index (χ2v) is 7.51. The van der Waals surface area contributed by atoms with Gasteiger partial charge in [0.05, 0.1) is 5.56 Å². The molecule has 8 nitrogen and oxygen atoms in total. The number of aromatic nitrogens is 2. The summed E-state index contributed by atoms with van der Waals surface area (Å²) in [5.74, 6) is -0.288. The number of anilines is 3. The predicted molar refractivity (Wildman–Crippen MR) is 113 cm³/mol. The van der Waals surface area contributed by atoms with Gasteiger partial charge in [0.25, 0.3) is 5.56 Å². The summed E-state index contributed by atoms with van der Waals surface area (Å²) in [6, 6.07) is 3.30. The minimum atomic E-state index is -4.57. The zero-order valence-electron chi connectivity index (χ0n) is 17.5. The Morgan fingerprint density at radius 2 is 1.97 bits per heavy atom. The smallest absolute Gasteiger partial charge is 0.383 e. The second-order valence-electron chi connectivity index (χ2n) is 7.51. The number of H-pyrrole nitrogens is 1. The molecule has 4 N–H and O–H groups in total. The van der Waals surface area contributed by atoms with Gasteiger partial charge >= 0.3 is 17.9 Å². The van der Waals surface area contributed by atoms with E-state index in [4.69, 9.17) is 5.73 Å². The molecule has 0 fully saturated rings. The van der Waals surface area contributed by atoms with Crippen molar-refractivity contribution in [3.05, 3.63) is 50.7 Å². The van der Waals surface area contributed by atoms with Crippen LogP contribution in [0.15, 0.2) is 33.9 Å². The summed E-state index contributed by atoms with van der Waals surface area (Å²) in [4.78, 5) is 40.9. The molecular weight excluding hydrogens is 415 g/mol. The average molecular weight is 441 g/mol. The van der Waals surface area contributed by atoms with Gasteiger partial charge < -0.3 is 11.1 Å². The van der Waals surface area contributed by atoms with E-state index in [0.717, 1.165) is 29.5 Å². The summed E-state index contributed by atoms with van der Waals surface area (Å²) in [5, 5.41) is 2.38. The van der Waals surface area contributed by atoms with Crippen LogP contribution >= 0.6 is 0 Å². The lowest BCUT2D eigenvalue weighted by Gasteiger charge is -2.26. The van der Waals surface area contributed by atoms with Gasteiger partial charge in [0.1, 0.15) is 5.82 Å². The van der Waals surface area contributed by atoms with Crippen molar-refractivity contribution in [3.63, 3.8) is 0 Å². The van der Waals surface area contributed by atoms with Gasteiger partial charge in [-0.3, -0.25) is 19.2 Å². The standard InChI is InChI=1S/C20H26F3N5O3/c1-4-5-9-27-16(24)15(17(29)26-19(27)31)28(11-12(2)3)18(30)25-14-8-6-7-13(10-14)20(21,22)23/h6-8,10,12H,4-5,9,11,24H2,1-3H3,(H,25,30)(H,26,29,31). The normalized spacial score (nSPS) is 11.6. The molecule has 0 atom stereocenters. The maximum absolute atomic E-state index is 13.0. The molecule has 0 saturated carbocycles. The number of nitrogens with two attached hydrogens (primary N) is 1. The fourth-order valence-electron chi connectivity index (χ4n) is 2.98. The zero-order valence-corrected chi connectivity index (χ0v) is 17.5. The van der Waals surface area contributed by atoms with Gasteiger partial charge in [0, 0.05) is 18.8 Å². The fourth-order valence-corrected chi connectivity index (χ4v) is 2.98. The third kappa shape index (κ3) is 5.89. The lowest BCUT2D eigenvalue weighted by Crippen LogP contribution is -2.44. The van der Waals surface area contributed by atoms with E-state index in [2.05, 4.69) is 10.3 Å². The molecule has 0 saturated heterocycles. The number of benzene rings is 1. The van der Waals surface area contributed by atoms with Crippen LogP contribution in [0, 0.1) is 5.92 Å². The molecular formula is C20H26F3N5O3. The van der Waals surface area contributed by atoms with Gasteiger partial charge in [-0.25, -0.2) is 9.59 Å². The van der Waals surface area contributed by atoms with Crippen LogP contribution in [0.5, 0.6) is 0 Å². The first-order valence-electron chi connectivity index (χ1n) is 9.84. The van der Waals surface area contributed by atoms with Crippen molar-refractivity contribution >= 4 is 23.2 Å². The molecule has 2 amide bonds. The van der Waals surface area contributed by atoms with Crippen LogP contribution in [0.2, 0.25) is 0 Å². The Kier molecular flexibility index (Phi) is 7.53. The van der Waals surface area contributed by atoms with Gasteiger partial charge in [-0.05, 0) is 30.5 Å². The van der Waals surface area contributed by atoms with Crippen LogP contribution in [-0.2, 0) is 12.7 Å². The van der Waals surface area contributed by atoms with E-state index in [1.54, 1.807) is 13.8 Å². The highest BCUT2D eigenvalue weighted by molar-refractivity contribution is 6.03. The Balaban J connectivity index is 2.48. The third-order valence-corrected chi connectivity index (χ3v) is 4.45. The number of alkyl halides is 3. The van der Waals surface area contributed by atoms with Crippen LogP contribution in [0.25, 0.3) is 0 Å². The lowest BCUT2D eigenvalue weighted by molar-refractivity contribution is -0.137. The molecule has 0 bridgehead atoms. The van der Waals surface area contributed by atoms with Crippen molar-refractivity contribution in [2.45, 2.75) is 46.3 Å². The van der Waals surface area contributed by atoms with Crippen LogP contribution in [0.4, 0.5) is 35.2 Å². The molecule has 1 aromatic heterocycles. The second kappa shape index (κ2) is 9.71. The third-order valence-electron chi connectivity index (χ3n) is 4.45. The van der Waals surface area contributed by atoms with Crippen LogP contribution in [0.1, 0.15) is 39.2 Å². The molecule has 0 unspecified atom stereocenters. The summed E-state index contributed by atoms with van der Waals surface area (Å²) in [7, 11) is 0. The number of amides is 2. The predicted octanol–water partition coefficient (Wildman–Crippen LogP) is 3.63. The van der Waals surface area contributed by atoms with Crippen molar-refractivity contribution in [1.29, 1.82) is 0 Å². The van der Waals surface area contributed by atoms with Crippen molar-refractivity contribution in [2.75, 3.05) is 22.5 Å². The Morgan fingerprint density at radius 1 is 1.29 bits per heavy atom. The van der Waals surface area contributed by atoms with Crippen LogP contribution in [-0.4, -0.2) is 22.1 Å². The molecule has 1 heterocycles. The summed E-state index contributed by atoms with van der Waals surface area (Å²) in [6.45, 7) is 5.80. The van der Waals surface area contributed by atoms with Crippen LogP contribution in [0.3, 0.4) is 0 Å². The molecule has 0 spiro atoms. The molecule has 0 radical (unpaired) electrons. The van der Waals surface area contributed by atoms with E-state index in [1.165, 1.54) is 10.6 Å². The number of carbonyl (C=O) groups is 1. The fraction of sp³-hybridized carbons (Fsp3) is 0.450. The van der Waals surface area contributed by atoms with E-state index >= 15 is 0 Å². The Morgan fingerprint density at radius 3 is 2.55 bits per heavy atom. The van der Waals surface area contributed by atoms with E-state index in [9.17, 15) is 27.6 Å². The summed E-state index contributed by atoms with van der Waals surface area (Å²) < 4.78 is 40.1. The van der Waals surface area contributed by atoms with E-state index in [1.807, 2.05) is 6.92 Å². The molecule has 0 aliphatic carbocycles. The van der Waals surface area contributed by atoms with E-state index in [-0.39, 0.29) is 36.2 Å². The minimum absolute atomic E-state index is 0.0457. The summed E-state index contributed by atoms with van der Waals surface area (Å²) in [6.07, 6.45) is -3.18. The molecule has 2 rings (SSSR count). The highest BCUT2D eigenvalue weighted by atomic mass is 19.4. The number of nitrogen functional groups attached to an aromatic ring is 1. The van der Waals surface area contributed by atoms with Crippen molar-refractivity contribution < 1.29 is 18.0 Å². The highest BCUT2D eigenvalue weighted by Crippen LogP contribution is 2.31. The quantitative estimate of drug-likeness (QED) is 0.609. The molecule has 11 heteroatoms. The highest BCUT2D eigenvalue weighted by Gasteiger charge is 2.31. The summed E-state index contributed by atoms with van der Waals surface area (Å²) in [5.41, 5.74) is 3.30. The number of unbranched alkanes of at least 4 members (excludes halogenated alkanes) is 1. The zero-order chi connectivity index (χ0) is 23.3. The number of halogens is 3. The topological polar surface area (TPSA) is 113 Å². The Hall–Kier alpha value is -3.24. The van der Waals surface area contributed by atoms with E-state index < -0.39 is 29.0 Å². The molecule has 0 aliphatic heterocycles. The number of carbonyl (C=O) groups excluding carboxylic acids is 1. The molecule has 2 aromatic rings. The van der Waals surface area contributed by atoms with Crippen LogP contribution < -0.4 is 27.2 Å². The van der Waals surface area contributed by atoms with Gasteiger partial charge in [0.2, 0.25) is 0 Å². The van der Waals surface area contributed by atoms with Gasteiger partial charge in [-0.15, -0.1) is 0 Å². The number of hydrogen-bond acceptors (Lipinski definition) is 4. The Bertz CT molecular complexity index is 1040. The SMILES string of the molecule is CCCCn1c(N)c(N(CC(C)C)C(=O)Nc2cccc(C(F)(F)F)c2)c(=O)[nH]c1=O. The molecule has 170 valence electrons. The largest absolute Gasteiger partial charge is 0.416 e. The average Bonchev–Trinajstić information content (AvgIpc) is 2.66. The summed E-state index contributed by atoms with van der Waals surface area (Å²) >= 11 is 0. The van der Waals surface area contributed by atoms with Crippen molar-refractivity contribution in [2.24, 2.45) is 5.92 Å². The molecule has 1 aromatic carbocycles. The van der Waals surface area contributed by atoms with Gasteiger partial charge in [0.15, 0.2) is 5.69 Å². The number of urea groups is 1. The van der Waals surface area contributed by atoms with Crippen molar-refractivity contribution in [1.82, 2.24) is 9.55 Å². The van der Waals surface area contributed by atoms with Crippen molar-refractivity contribution in [3.8, 4) is 0 Å². The number of nitrogens with one attached hydrogen (secondary N) is 2. The maximum Gasteiger partial charge on any atom is 0.416 e. The number of nitrogens with zero attached hydrogens (tertiary/aromatic N) is 2. The first-order valence-corrected chi connectivity index (χ1v) is 9.84.